The van der Waals surface area contributed by atoms with Gasteiger partial charge in [-0.2, -0.15) is 0 Å². The molecule has 2 rings (SSSR count). The predicted octanol–water partition coefficient (Wildman–Crippen LogP) is 5.64. The van der Waals surface area contributed by atoms with Crippen LogP contribution in [0.4, 0.5) is 5.69 Å². The van der Waals surface area contributed by atoms with E-state index in [2.05, 4.69) is 86.6 Å². The van der Waals surface area contributed by atoms with Gasteiger partial charge in [0.2, 0.25) is 0 Å². The van der Waals surface area contributed by atoms with Crippen molar-refractivity contribution in [2.75, 3.05) is 5.32 Å². The molecular formula is C16H17Br2N. The summed E-state index contributed by atoms with van der Waals surface area (Å²) in [4.78, 5) is 0. The molecule has 19 heavy (non-hydrogen) atoms. The quantitative estimate of drug-likeness (QED) is 0.704. The first kappa shape index (κ1) is 14.6. The van der Waals surface area contributed by atoms with Gasteiger partial charge in [0.25, 0.3) is 0 Å². The Morgan fingerprint density at radius 3 is 2.21 bits per heavy atom. The largest absolute Gasteiger partial charge is 0.381 e. The molecule has 0 amide bonds. The van der Waals surface area contributed by atoms with Crippen molar-refractivity contribution in [1.82, 2.24) is 0 Å². The van der Waals surface area contributed by atoms with Crippen molar-refractivity contribution in [2.24, 2.45) is 0 Å². The number of halogens is 2. The average molecular weight is 383 g/mol. The Hall–Kier alpha value is -0.800. The fourth-order valence-electron chi connectivity index (χ4n) is 1.98. The molecule has 0 saturated heterocycles. The van der Waals surface area contributed by atoms with Crippen LogP contribution in [-0.2, 0) is 6.42 Å². The second kappa shape index (κ2) is 7.11. The number of anilines is 1. The molecule has 0 radical (unpaired) electrons. The first-order valence-electron chi connectivity index (χ1n) is 6.41. The Labute approximate surface area is 131 Å². The Morgan fingerprint density at radius 2 is 1.58 bits per heavy atom. The highest BCUT2D eigenvalue weighted by Crippen LogP contribution is 2.31. The van der Waals surface area contributed by atoms with Gasteiger partial charge in [-0.1, -0.05) is 36.4 Å². The SMILES string of the molecule is CC(CCc1ccccc1)Nc1c(Br)cccc1Br. The van der Waals surface area contributed by atoms with Crippen LogP contribution < -0.4 is 5.32 Å². The van der Waals surface area contributed by atoms with Crippen LogP contribution in [0.1, 0.15) is 18.9 Å². The van der Waals surface area contributed by atoms with Crippen LogP contribution in [0.25, 0.3) is 0 Å². The van der Waals surface area contributed by atoms with Crippen molar-refractivity contribution in [3.63, 3.8) is 0 Å². The van der Waals surface area contributed by atoms with Crippen molar-refractivity contribution in [3.05, 3.63) is 63.0 Å². The summed E-state index contributed by atoms with van der Waals surface area (Å²) in [5.74, 6) is 0. The predicted molar refractivity (Wildman–Crippen MR) is 89.7 cm³/mol. The number of benzene rings is 2. The third kappa shape index (κ3) is 4.36. The van der Waals surface area contributed by atoms with E-state index in [1.54, 1.807) is 0 Å². The molecule has 0 bridgehead atoms. The Balaban J connectivity index is 1.93. The molecule has 0 aliphatic rings. The van der Waals surface area contributed by atoms with E-state index >= 15 is 0 Å². The molecule has 2 aromatic carbocycles. The minimum absolute atomic E-state index is 0.426. The number of aryl methyl sites for hydroxylation is 1. The van der Waals surface area contributed by atoms with Crippen molar-refractivity contribution in [2.45, 2.75) is 25.8 Å². The molecule has 0 aliphatic heterocycles. The summed E-state index contributed by atoms with van der Waals surface area (Å²) in [6.07, 6.45) is 2.20. The van der Waals surface area contributed by atoms with Crippen LogP contribution in [0, 0.1) is 0 Å². The number of para-hydroxylation sites is 1. The lowest BCUT2D eigenvalue weighted by Gasteiger charge is -2.17. The van der Waals surface area contributed by atoms with Crippen LogP contribution in [0.2, 0.25) is 0 Å². The smallest absolute Gasteiger partial charge is 0.0631 e. The fraction of sp³-hybridized carbons (Fsp3) is 0.250. The first-order valence-corrected chi connectivity index (χ1v) is 8.00. The van der Waals surface area contributed by atoms with E-state index in [1.807, 2.05) is 6.07 Å². The monoisotopic (exact) mass is 381 g/mol. The van der Waals surface area contributed by atoms with Crippen LogP contribution in [0.15, 0.2) is 57.5 Å². The fourth-order valence-corrected chi connectivity index (χ4v) is 3.21. The van der Waals surface area contributed by atoms with Gasteiger partial charge in [-0.05, 0) is 69.3 Å². The topological polar surface area (TPSA) is 12.0 Å². The summed E-state index contributed by atoms with van der Waals surface area (Å²) in [5.41, 5.74) is 2.52. The highest BCUT2D eigenvalue weighted by atomic mass is 79.9. The molecule has 0 aromatic heterocycles. The minimum atomic E-state index is 0.426. The highest BCUT2D eigenvalue weighted by Gasteiger charge is 2.08. The lowest BCUT2D eigenvalue weighted by Crippen LogP contribution is -2.16. The van der Waals surface area contributed by atoms with Gasteiger partial charge >= 0.3 is 0 Å². The summed E-state index contributed by atoms with van der Waals surface area (Å²) in [6.45, 7) is 2.22. The zero-order valence-electron chi connectivity index (χ0n) is 10.9. The van der Waals surface area contributed by atoms with E-state index in [9.17, 15) is 0 Å². The lowest BCUT2D eigenvalue weighted by molar-refractivity contribution is 0.705. The standard InChI is InChI=1S/C16H17Br2N/c1-12(10-11-13-6-3-2-4-7-13)19-16-14(17)8-5-9-15(16)18/h2-9,12,19H,10-11H2,1H3. The molecular weight excluding hydrogens is 366 g/mol. The van der Waals surface area contributed by atoms with Crippen molar-refractivity contribution in [1.29, 1.82) is 0 Å². The zero-order valence-corrected chi connectivity index (χ0v) is 14.0. The van der Waals surface area contributed by atoms with E-state index in [0.717, 1.165) is 27.5 Å². The first-order chi connectivity index (χ1) is 9.16. The number of nitrogens with one attached hydrogen (secondary N) is 1. The van der Waals surface area contributed by atoms with E-state index in [-0.39, 0.29) is 0 Å². The minimum Gasteiger partial charge on any atom is -0.381 e. The molecule has 0 saturated carbocycles. The molecule has 1 nitrogen and oxygen atoms in total. The van der Waals surface area contributed by atoms with Crippen LogP contribution >= 0.6 is 31.9 Å². The maximum Gasteiger partial charge on any atom is 0.0631 e. The van der Waals surface area contributed by atoms with E-state index in [4.69, 9.17) is 0 Å². The molecule has 2 aromatic rings. The molecule has 3 heteroatoms. The molecule has 0 spiro atoms. The van der Waals surface area contributed by atoms with E-state index in [0.29, 0.717) is 6.04 Å². The van der Waals surface area contributed by atoms with Gasteiger partial charge in [-0.15, -0.1) is 0 Å². The molecule has 0 aliphatic carbocycles. The van der Waals surface area contributed by atoms with Crippen molar-refractivity contribution < 1.29 is 0 Å². The molecule has 1 unspecified atom stereocenters. The van der Waals surface area contributed by atoms with E-state index in [1.165, 1.54) is 5.56 Å². The van der Waals surface area contributed by atoms with Gasteiger partial charge < -0.3 is 5.32 Å². The maximum atomic E-state index is 3.58. The third-order valence-electron chi connectivity index (χ3n) is 3.06. The number of hydrogen-bond donors (Lipinski definition) is 1. The summed E-state index contributed by atoms with van der Waals surface area (Å²) in [5, 5.41) is 3.55. The van der Waals surface area contributed by atoms with Gasteiger partial charge in [0.15, 0.2) is 0 Å². The summed E-state index contributed by atoms with van der Waals surface area (Å²) in [6, 6.07) is 17.2. The van der Waals surface area contributed by atoms with Gasteiger partial charge in [-0.3, -0.25) is 0 Å². The average Bonchev–Trinajstić information content (AvgIpc) is 2.42. The molecule has 100 valence electrons. The molecule has 1 N–H and O–H groups in total. The Kier molecular flexibility index (Phi) is 5.46. The lowest BCUT2D eigenvalue weighted by atomic mass is 10.1. The van der Waals surface area contributed by atoms with Gasteiger partial charge in [0.1, 0.15) is 0 Å². The van der Waals surface area contributed by atoms with Crippen molar-refractivity contribution >= 4 is 37.5 Å². The summed E-state index contributed by atoms with van der Waals surface area (Å²) < 4.78 is 2.18. The third-order valence-corrected chi connectivity index (χ3v) is 4.38. The van der Waals surface area contributed by atoms with Crippen LogP contribution in [0.5, 0.6) is 0 Å². The van der Waals surface area contributed by atoms with Crippen LogP contribution in [0.3, 0.4) is 0 Å². The van der Waals surface area contributed by atoms with Crippen molar-refractivity contribution in [3.8, 4) is 0 Å². The van der Waals surface area contributed by atoms with Gasteiger partial charge in [0.05, 0.1) is 5.69 Å². The Morgan fingerprint density at radius 1 is 0.947 bits per heavy atom. The van der Waals surface area contributed by atoms with Gasteiger partial charge in [0, 0.05) is 15.0 Å². The normalized spacial score (nSPS) is 12.2. The molecule has 0 fully saturated rings. The Bertz CT molecular complexity index is 505. The summed E-state index contributed by atoms with van der Waals surface area (Å²) >= 11 is 7.16. The van der Waals surface area contributed by atoms with Gasteiger partial charge in [-0.25, -0.2) is 0 Å². The molecule has 0 heterocycles. The highest BCUT2D eigenvalue weighted by molar-refractivity contribution is 9.11. The second-order valence-electron chi connectivity index (χ2n) is 4.67. The maximum absolute atomic E-state index is 3.58. The van der Waals surface area contributed by atoms with Crippen LogP contribution in [-0.4, -0.2) is 6.04 Å². The number of hydrogen-bond acceptors (Lipinski definition) is 1. The zero-order chi connectivity index (χ0) is 13.7. The number of rotatable bonds is 5. The van der Waals surface area contributed by atoms with E-state index < -0.39 is 0 Å². The summed E-state index contributed by atoms with van der Waals surface area (Å²) in [7, 11) is 0. The molecule has 1 atom stereocenters. The second-order valence-corrected chi connectivity index (χ2v) is 6.37.